The molecule has 8 heteroatoms. The van der Waals surface area contributed by atoms with E-state index in [1.807, 2.05) is 0 Å². The summed E-state index contributed by atoms with van der Waals surface area (Å²) in [4.78, 5) is 17.3. The Labute approximate surface area is 81.2 Å². The average molecular weight is 210 g/mol. The fourth-order valence-corrected chi connectivity index (χ4v) is 1.71. The molecule has 0 bridgehead atoms. The predicted octanol–water partition coefficient (Wildman–Crippen LogP) is -0.984. The molecule has 2 aromatic heterocycles. The summed E-state index contributed by atoms with van der Waals surface area (Å²) in [6, 6.07) is 0. The highest BCUT2D eigenvalue weighted by Gasteiger charge is 2.03. The van der Waals surface area contributed by atoms with E-state index >= 15 is 0 Å². The summed E-state index contributed by atoms with van der Waals surface area (Å²) < 4.78 is 1.82. The maximum atomic E-state index is 11.0. The fourth-order valence-electron chi connectivity index (χ4n) is 1.01. The van der Waals surface area contributed by atoms with Crippen LogP contribution in [0.2, 0.25) is 0 Å². The second-order valence-electron chi connectivity index (χ2n) is 2.40. The van der Waals surface area contributed by atoms with Crippen LogP contribution < -0.4 is 16.3 Å². The third-order valence-corrected chi connectivity index (χ3v) is 2.38. The smallest absolute Gasteiger partial charge is 0.306 e. The summed E-state index contributed by atoms with van der Waals surface area (Å²) in [6.07, 6.45) is 1.51. The number of fused-ring (bicyclic) bond motifs is 1. The molecule has 2 rings (SSSR count). The first-order valence-corrected chi connectivity index (χ1v) is 4.39. The summed E-state index contributed by atoms with van der Waals surface area (Å²) in [6.45, 7) is 3.19. The topological polar surface area (TPSA) is 101 Å². The lowest BCUT2D eigenvalue weighted by molar-refractivity contribution is 0.838. The largest absolute Gasteiger partial charge is 0.335 e. The molecule has 0 unspecified atom stereocenters. The lowest BCUT2D eigenvalue weighted by atomic mass is 10.6. The molecule has 14 heavy (non-hydrogen) atoms. The number of hydrogen-bond acceptors (Lipinski definition) is 6. The van der Waals surface area contributed by atoms with Crippen molar-refractivity contribution in [2.24, 2.45) is 10.2 Å². The lowest BCUT2D eigenvalue weighted by Crippen LogP contribution is -2.30. The Morgan fingerprint density at radius 1 is 1.71 bits per heavy atom. The number of H-pyrrole nitrogens is 1. The summed E-state index contributed by atoms with van der Waals surface area (Å²) in [5.41, 5.74) is 0.652. The van der Waals surface area contributed by atoms with Crippen LogP contribution in [0.3, 0.4) is 0 Å². The van der Waals surface area contributed by atoms with Crippen molar-refractivity contribution >= 4 is 28.4 Å². The van der Waals surface area contributed by atoms with E-state index in [0.717, 1.165) is 16.0 Å². The van der Waals surface area contributed by atoms with Crippen molar-refractivity contribution in [2.45, 2.75) is 0 Å². The number of nitrogens with two attached hydrogens (primary N) is 1. The quantitative estimate of drug-likeness (QED) is 0.359. The molecule has 0 fully saturated rings. The van der Waals surface area contributed by atoms with Gasteiger partial charge in [-0.3, -0.25) is 9.78 Å². The first-order valence-electron chi connectivity index (χ1n) is 3.58. The van der Waals surface area contributed by atoms with Crippen LogP contribution in [-0.4, -0.2) is 21.4 Å². The van der Waals surface area contributed by atoms with Gasteiger partial charge in [0.05, 0.1) is 10.9 Å². The standard InChI is InChI=1S/C6H6N6OS/c1-8-11-5-9-2-3-4(12(5)7)10-6(13)14-3/h2H,1,7H2,(H,10,13)/b11-5-. The monoisotopic (exact) mass is 210 g/mol. The van der Waals surface area contributed by atoms with E-state index in [0.29, 0.717) is 10.3 Å². The molecule has 0 radical (unpaired) electrons. The molecule has 72 valence electrons. The molecule has 0 saturated heterocycles. The van der Waals surface area contributed by atoms with Gasteiger partial charge in [-0.25, -0.2) is 9.66 Å². The molecule has 0 aliphatic heterocycles. The van der Waals surface area contributed by atoms with E-state index in [1.54, 1.807) is 0 Å². The number of nitrogen functional groups attached to an aromatic ring is 1. The molecule has 0 aliphatic carbocycles. The van der Waals surface area contributed by atoms with Gasteiger partial charge in [-0.1, -0.05) is 11.3 Å². The van der Waals surface area contributed by atoms with E-state index in [9.17, 15) is 4.79 Å². The van der Waals surface area contributed by atoms with Crippen LogP contribution in [0.15, 0.2) is 21.2 Å². The van der Waals surface area contributed by atoms with Gasteiger partial charge in [0.2, 0.25) is 0 Å². The second kappa shape index (κ2) is 3.07. The number of nitrogens with zero attached hydrogens (tertiary/aromatic N) is 4. The summed E-state index contributed by atoms with van der Waals surface area (Å²) in [5, 5.41) is 6.89. The van der Waals surface area contributed by atoms with Crippen molar-refractivity contribution in [2.75, 3.05) is 5.84 Å². The van der Waals surface area contributed by atoms with Crippen LogP contribution in [0.5, 0.6) is 0 Å². The minimum atomic E-state index is -0.190. The maximum Gasteiger partial charge on any atom is 0.306 e. The van der Waals surface area contributed by atoms with Crippen molar-refractivity contribution in [1.29, 1.82) is 0 Å². The van der Waals surface area contributed by atoms with Crippen LogP contribution >= 0.6 is 11.3 Å². The number of thiazole rings is 1. The minimum Gasteiger partial charge on any atom is -0.335 e. The number of hydrogen-bond donors (Lipinski definition) is 2. The Bertz CT molecular complexity index is 605. The van der Waals surface area contributed by atoms with Gasteiger partial charge in [-0.2, -0.15) is 5.10 Å². The fraction of sp³-hybridized carbons (Fsp3) is 0. The van der Waals surface area contributed by atoms with E-state index in [2.05, 4.69) is 26.9 Å². The maximum absolute atomic E-state index is 11.0. The van der Waals surface area contributed by atoms with Crippen LogP contribution in [0, 0.1) is 0 Å². The van der Waals surface area contributed by atoms with Crippen molar-refractivity contribution < 1.29 is 0 Å². The number of rotatable bonds is 1. The zero-order chi connectivity index (χ0) is 10.1. The van der Waals surface area contributed by atoms with Gasteiger partial charge in [0.25, 0.3) is 5.62 Å². The van der Waals surface area contributed by atoms with Gasteiger partial charge in [-0.15, -0.1) is 5.10 Å². The molecular formula is C6H6N6OS. The van der Waals surface area contributed by atoms with Gasteiger partial charge in [-0.05, 0) is 0 Å². The van der Waals surface area contributed by atoms with Crippen LogP contribution in [0.1, 0.15) is 0 Å². The summed E-state index contributed by atoms with van der Waals surface area (Å²) in [5.74, 6) is 5.63. The van der Waals surface area contributed by atoms with Gasteiger partial charge in [0.15, 0.2) is 5.65 Å². The third-order valence-electron chi connectivity index (χ3n) is 1.57. The van der Waals surface area contributed by atoms with Gasteiger partial charge in [0, 0.05) is 6.72 Å². The molecular weight excluding hydrogens is 204 g/mol. The molecule has 3 N–H and O–H groups in total. The molecule has 2 heterocycles. The molecule has 0 atom stereocenters. The Hall–Kier alpha value is -1.96. The number of aromatic amines is 1. The molecule has 0 aromatic carbocycles. The zero-order valence-electron chi connectivity index (χ0n) is 6.97. The number of nitrogens with one attached hydrogen (secondary N) is 1. The predicted molar refractivity (Wildman–Crippen MR) is 53.5 cm³/mol. The molecule has 0 saturated carbocycles. The Kier molecular flexibility index (Phi) is 1.89. The van der Waals surface area contributed by atoms with E-state index in [-0.39, 0.29) is 10.5 Å². The second-order valence-corrected chi connectivity index (χ2v) is 3.41. The highest BCUT2D eigenvalue weighted by Crippen LogP contribution is 2.07. The Balaban J connectivity index is 2.94. The van der Waals surface area contributed by atoms with Gasteiger partial charge >= 0.3 is 4.87 Å². The lowest BCUT2D eigenvalue weighted by Gasteiger charge is -1.97. The molecule has 0 spiro atoms. The van der Waals surface area contributed by atoms with Gasteiger partial charge in [0.1, 0.15) is 0 Å². The van der Waals surface area contributed by atoms with Crippen LogP contribution in [-0.2, 0) is 0 Å². The van der Waals surface area contributed by atoms with Crippen LogP contribution in [0.4, 0.5) is 0 Å². The van der Waals surface area contributed by atoms with E-state index in [4.69, 9.17) is 5.84 Å². The normalized spacial score (nSPS) is 12.1. The Morgan fingerprint density at radius 3 is 3.21 bits per heavy atom. The third kappa shape index (κ3) is 1.21. The van der Waals surface area contributed by atoms with Gasteiger partial charge < -0.3 is 5.84 Å². The SMILES string of the molecule is C=N/N=c1/ncc2sc(=O)[nH]c2n1N. The number of aromatic nitrogens is 3. The van der Waals surface area contributed by atoms with Crippen molar-refractivity contribution in [3.63, 3.8) is 0 Å². The van der Waals surface area contributed by atoms with E-state index in [1.165, 1.54) is 6.20 Å². The molecule has 7 nitrogen and oxygen atoms in total. The average Bonchev–Trinajstić information content (AvgIpc) is 2.52. The highest BCUT2D eigenvalue weighted by molar-refractivity contribution is 7.16. The molecule has 0 aliphatic rings. The summed E-state index contributed by atoms with van der Waals surface area (Å²) in [7, 11) is 0. The highest BCUT2D eigenvalue weighted by atomic mass is 32.1. The Morgan fingerprint density at radius 2 is 2.50 bits per heavy atom. The minimum absolute atomic E-state index is 0.182. The first kappa shape index (κ1) is 8.63. The zero-order valence-corrected chi connectivity index (χ0v) is 7.78. The summed E-state index contributed by atoms with van der Waals surface area (Å²) >= 11 is 1.03. The first-order chi connectivity index (χ1) is 6.72. The van der Waals surface area contributed by atoms with Crippen LogP contribution in [0.25, 0.3) is 10.3 Å². The van der Waals surface area contributed by atoms with E-state index < -0.39 is 0 Å². The molecule has 0 amide bonds. The van der Waals surface area contributed by atoms with Crippen molar-refractivity contribution in [3.8, 4) is 0 Å². The van der Waals surface area contributed by atoms with Crippen molar-refractivity contribution in [1.82, 2.24) is 14.6 Å². The van der Waals surface area contributed by atoms with Crippen molar-refractivity contribution in [3.05, 3.63) is 21.5 Å². The molecule has 2 aromatic rings.